The van der Waals surface area contributed by atoms with Gasteiger partial charge in [0.1, 0.15) is 0 Å². The van der Waals surface area contributed by atoms with Crippen LogP contribution >= 0.6 is 0 Å². The first kappa shape index (κ1) is 13.9. The molecule has 0 saturated carbocycles. The van der Waals surface area contributed by atoms with E-state index in [1.165, 1.54) is 12.1 Å². The van der Waals surface area contributed by atoms with Gasteiger partial charge in [-0.2, -0.15) is 0 Å². The van der Waals surface area contributed by atoms with Gasteiger partial charge in [-0.25, -0.2) is 4.79 Å². The second-order valence-electron chi connectivity index (χ2n) is 3.92. The van der Waals surface area contributed by atoms with Crippen LogP contribution in [0.1, 0.15) is 42.1 Å². The molecule has 5 heteroatoms. The number of carbonyl (C=O) groups is 1. The summed E-state index contributed by atoms with van der Waals surface area (Å²) in [4.78, 5) is 21.0. The quantitative estimate of drug-likeness (QED) is 0.475. The van der Waals surface area contributed by atoms with E-state index < -0.39 is 10.9 Å². The zero-order valence-corrected chi connectivity index (χ0v) is 10.1. The van der Waals surface area contributed by atoms with Crippen LogP contribution in [0.2, 0.25) is 0 Å². The monoisotopic (exact) mass is 249 g/mol. The van der Waals surface area contributed by atoms with Crippen molar-refractivity contribution in [2.24, 2.45) is 0 Å². The van der Waals surface area contributed by atoms with Crippen molar-refractivity contribution in [3.8, 4) is 0 Å². The number of hydrogen-bond acceptors (Lipinski definition) is 3. The molecule has 0 aliphatic carbocycles. The Labute approximate surface area is 105 Å². The van der Waals surface area contributed by atoms with Crippen LogP contribution in [0.3, 0.4) is 0 Å². The lowest BCUT2D eigenvalue weighted by atomic mass is 10.1. The maximum absolute atomic E-state index is 10.9. The minimum absolute atomic E-state index is 0.0701. The molecular weight excluding hydrogens is 234 g/mol. The normalized spacial score (nSPS) is 10.7. The van der Waals surface area contributed by atoms with Gasteiger partial charge in [-0.05, 0) is 18.1 Å². The summed E-state index contributed by atoms with van der Waals surface area (Å²) in [5, 5.41) is 19.6. The van der Waals surface area contributed by atoms with Crippen molar-refractivity contribution >= 4 is 17.7 Å². The third-order valence-corrected chi connectivity index (χ3v) is 2.43. The van der Waals surface area contributed by atoms with Gasteiger partial charge in [-0.15, -0.1) is 0 Å². The Balaban J connectivity index is 3.00. The van der Waals surface area contributed by atoms with Crippen molar-refractivity contribution in [1.29, 1.82) is 0 Å². The van der Waals surface area contributed by atoms with Crippen molar-refractivity contribution < 1.29 is 14.8 Å². The number of nitro groups is 1. The van der Waals surface area contributed by atoms with E-state index >= 15 is 0 Å². The van der Waals surface area contributed by atoms with Crippen LogP contribution in [0.15, 0.2) is 24.3 Å². The number of rotatable bonds is 6. The van der Waals surface area contributed by atoms with Crippen molar-refractivity contribution in [2.75, 3.05) is 0 Å². The molecule has 1 aromatic carbocycles. The predicted octanol–water partition coefficient (Wildman–Crippen LogP) is 3.50. The molecule has 0 atom stereocenters. The molecule has 5 nitrogen and oxygen atoms in total. The molecule has 0 bridgehead atoms. The van der Waals surface area contributed by atoms with Crippen LogP contribution in [0.4, 0.5) is 5.69 Å². The fourth-order valence-electron chi connectivity index (χ4n) is 1.50. The summed E-state index contributed by atoms with van der Waals surface area (Å²) in [6.45, 7) is 2.07. The van der Waals surface area contributed by atoms with E-state index in [9.17, 15) is 14.9 Å². The van der Waals surface area contributed by atoms with E-state index in [-0.39, 0.29) is 11.3 Å². The van der Waals surface area contributed by atoms with E-state index in [1.807, 2.05) is 6.08 Å². The van der Waals surface area contributed by atoms with Crippen LogP contribution in [-0.4, -0.2) is 16.0 Å². The minimum Gasteiger partial charge on any atom is -0.478 e. The first-order valence-corrected chi connectivity index (χ1v) is 5.74. The predicted molar refractivity (Wildman–Crippen MR) is 68.6 cm³/mol. The van der Waals surface area contributed by atoms with Gasteiger partial charge in [-0.3, -0.25) is 10.1 Å². The zero-order valence-electron chi connectivity index (χ0n) is 10.1. The van der Waals surface area contributed by atoms with E-state index in [4.69, 9.17) is 5.11 Å². The smallest absolute Gasteiger partial charge is 0.335 e. The maximum atomic E-state index is 10.9. The molecule has 0 radical (unpaired) electrons. The molecule has 0 aliphatic rings. The summed E-state index contributed by atoms with van der Waals surface area (Å²) in [5.41, 5.74) is 0.266. The van der Waals surface area contributed by atoms with E-state index in [0.29, 0.717) is 5.56 Å². The average Bonchev–Trinajstić information content (AvgIpc) is 2.34. The summed E-state index contributed by atoms with van der Waals surface area (Å²) in [7, 11) is 0. The first-order chi connectivity index (χ1) is 8.54. The molecule has 0 heterocycles. The number of nitrogens with zero attached hydrogens (tertiary/aromatic N) is 1. The number of carboxylic acids is 1. The summed E-state index contributed by atoms with van der Waals surface area (Å²) < 4.78 is 0. The molecule has 0 amide bonds. The highest BCUT2D eigenvalue weighted by atomic mass is 16.6. The lowest BCUT2D eigenvalue weighted by Gasteiger charge is -1.99. The molecule has 96 valence electrons. The molecule has 0 fully saturated rings. The van der Waals surface area contributed by atoms with Gasteiger partial charge in [0.25, 0.3) is 5.69 Å². The highest BCUT2D eigenvalue weighted by Gasteiger charge is 2.12. The standard InChI is InChI=1S/C13H15NO4/c1-2-3-4-5-6-10-7-11(13(15)16)9-12(8-10)14(17)18/h5-9H,2-4H2,1H3,(H,15,16). The topological polar surface area (TPSA) is 80.4 Å². The minimum atomic E-state index is -1.16. The van der Waals surface area contributed by atoms with Gasteiger partial charge in [0.05, 0.1) is 10.5 Å². The molecule has 0 unspecified atom stereocenters. The average molecular weight is 249 g/mol. The summed E-state index contributed by atoms with van der Waals surface area (Å²) >= 11 is 0. The van der Waals surface area contributed by atoms with Gasteiger partial charge in [-0.1, -0.05) is 31.9 Å². The molecule has 0 aliphatic heterocycles. The van der Waals surface area contributed by atoms with E-state index in [1.54, 1.807) is 6.08 Å². The number of nitro benzene ring substituents is 1. The molecule has 0 aromatic heterocycles. The number of benzene rings is 1. The third-order valence-electron chi connectivity index (χ3n) is 2.43. The third kappa shape index (κ3) is 4.01. The number of allylic oxidation sites excluding steroid dienone is 1. The Morgan fingerprint density at radius 1 is 1.44 bits per heavy atom. The fourth-order valence-corrected chi connectivity index (χ4v) is 1.50. The summed E-state index contributed by atoms with van der Waals surface area (Å²) in [6.07, 6.45) is 6.60. The number of non-ortho nitro benzene ring substituents is 1. The van der Waals surface area contributed by atoms with Gasteiger partial charge in [0.15, 0.2) is 0 Å². The Kier molecular flexibility index (Phi) is 5.05. The number of carboxylic acid groups (broad SMARTS) is 1. The van der Waals surface area contributed by atoms with E-state index in [2.05, 4.69) is 6.92 Å². The van der Waals surface area contributed by atoms with Crippen LogP contribution < -0.4 is 0 Å². The van der Waals surface area contributed by atoms with Crippen molar-refractivity contribution in [3.63, 3.8) is 0 Å². The van der Waals surface area contributed by atoms with Crippen molar-refractivity contribution in [2.45, 2.75) is 26.2 Å². The number of unbranched alkanes of at least 4 members (excludes halogenated alkanes) is 2. The van der Waals surface area contributed by atoms with Gasteiger partial charge >= 0.3 is 5.97 Å². The van der Waals surface area contributed by atoms with Crippen LogP contribution in [-0.2, 0) is 0 Å². The lowest BCUT2D eigenvalue weighted by molar-refractivity contribution is -0.384. The van der Waals surface area contributed by atoms with Gasteiger partial charge in [0, 0.05) is 12.1 Å². The molecule has 1 N–H and O–H groups in total. The molecule has 0 spiro atoms. The summed E-state index contributed by atoms with van der Waals surface area (Å²) in [6, 6.07) is 3.86. The van der Waals surface area contributed by atoms with Crippen LogP contribution in [0.25, 0.3) is 6.08 Å². The lowest BCUT2D eigenvalue weighted by Crippen LogP contribution is -1.99. The highest BCUT2D eigenvalue weighted by molar-refractivity contribution is 5.89. The van der Waals surface area contributed by atoms with Gasteiger partial charge in [0.2, 0.25) is 0 Å². The largest absolute Gasteiger partial charge is 0.478 e. The van der Waals surface area contributed by atoms with E-state index in [0.717, 1.165) is 25.3 Å². The Morgan fingerprint density at radius 3 is 2.72 bits per heavy atom. The molecule has 1 aromatic rings. The Hall–Kier alpha value is -2.17. The number of aromatic carboxylic acids is 1. The number of hydrogen-bond donors (Lipinski definition) is 1. The Bertz CT molecular complexity index is 448. The second kappa shape index (κ2) is 6.54. The molecular formula is C13H15NO4. The second-order valence-corrected chi connectivity index (χ2v) is 3.92. The SMILES string of the molecule is CCCCC=Cc1cc(C(=O)O)cc([N+](=O)[O-])c1. The van der Waals surface area contributed by atoms with Crippen LogP contribution in [0, 0.1) is 10.1 Å². The first-order valence-electron chi connectivity index (χ1n) is 5.74. The molecule has 0 saturated heterocycles. The Morgan fingerprint density at radius 2 is 2.17 bits per heavy atom. The van der Waals surface area contributed by atoms with Gasteiger partial charge < -0.3 is 5.11 Å². The van der Waals surface area contributed by atoms with Crippen molar-refractivity contribution in [1.82, 2.24) is 0 Å². The fraction of sp³-hybridized carbons (Fsp3) is 0.308. The summed E-state index contributed by atoms with van der Waals surface area (Å²) in [5.74, 6) is -1.16. The van der Waals surface area contributed by atoms with Crippen LogP contribution in [0.5, 0.6) is 0 Å². The molecule has 1 rings (SSSR count). The maximum Gasteiger partial charge on any atom is 0.335 e. The molecule has 18 heavy (non-hydrogen) atoms. The zero-order chi connectivity index (χ0) is 13.5. The van der Waals surface area contributed by atoms with Crippen molar-refractivity contribution in [3.05, 3.63) is 45.5 Å². The highest BCUT2D eigenvalue weighted by Crippen LogP contribution is 2.18.